The van der Waals surface area contributed by atoms with Crippen LogP contribution < -0.4 is 0 Å². The Morgan fingerprint density at radius 2 is 1.71 bits per heavy atom. The van der Waals surface area contributed by atoms with Crippen LogP contribution in [0.4, 0.5) is 13.2 Å². The molecule has 3 aliphatic heterocycles. The van der Waals surface area contributed by atoms with Gasteiger partial charge in [-0.3, -0.25) is 19.5 Å². The maximum Gasteiger partial charge on any atom is 0.490 e. The van der Waals surface area contributed by atoms with Gasteiger partial charge in [0, 0.05) is 12.8 Å². The molecule has 206 valence electrons. The number of alkyl halides is 3. The van der Waals surface area contributed by atoms with Crippen molar-refractivity contribution < 1.29 is 51.7 Å². The summed E-state index contributed by atoms with van der Waals surface area (Å²) in [7, 11) is 4.07. The summed E-state index contributed by atoms with van der Waals surface area (Å²) in [5.41, 5.74) is 0.106. The first-order valence-electron chi connectivity index (χ1n) is 11.0. The van der Waals surface area contributed by atoms with E-state index >= 15 is 0 Å². The lowest BCUT2D eigenvalue weighted by molar-refractivity contribution is -0.192. The van der Waals surface area contributed by atoms with Crippen LogP contribution in [0, 0.1) is 11.8 Å². The maximum absolute atomic E-state index is 12.9. The van der Waals surface area contributed by atoms with Crippen molar-refractivity contribution in [2.24, 2.45) is 16.8 Å². The molecule has 0 bridgehead atoms. The van der Waals surface area contributed by atoms with Crippen LogP contribution in [0.25, 0.3) is 0 Å². The van der Waals surface area contributed by atoms with Crippen molar-refractivity contribution in [1.29, 1.82) is 0 Å². The molecule has 15 heteroatoms. The normalized spacial score (nSPS) is 25.8. The van der Waals surface area contributed by atoms with Gasteiger partial charge in [-0.25, -0.2) is 14.4 Å². The van der Waals surface area contributed by atoms with E-state index in [-0.39, 0.29) is 17.9 Å². The number of rotatable bonds is 4. The molecule has 0 radical (unpaired) electrons. The van der Waals surface area contributed by atoms with Crippen LogP contribution in [0.1, 0.15) is 22.8 Å². The monoisotopic (exact) mass is 559 g/mol. The van der Waals surface area contributed by atoms with E-state index in [1.807, 2.05) is 17.0 Å². The molecule has 11 nitrogen and oxygen atoms in total. The quantitative estimate of drug-likeness (QED) is 0.426. The molecule has 4 atom stereocenters. The largest absolute Gasteiger partial charge is 0.490 e. The molecule has 3 heterocycles. The van der Waals surface area contributed by atoms with Crippen molar-refractivity contribution in [3.8, 4) is 0 Å². The predicted octanol–water partition coefficient (Wildman–Crippen LogP) is 1.56. The Bertz CT molecular complexity index is 1190. The molecular weight excluding hydrogens is 535 g/mol. The molecule has 2 saturated heterocycles. The van der Waals surface area contributed by atoms with Gasteiger partial charge in [-0.15, -0.1) is 0 Å². The van der Waals surface area contributed by atoms with Gasteiger partial charge in [0.2, 0.25) is 11.8 Å². The fourth-order valence-corrected chi connectivity index (χ4v) is 5.92. The fraction of sp³-hybridized carbons (Fsp3) is 0.478. The number of nitrogens with zero attached hydrogens (tertiary/aromatic N) is 3. The number of methoxy groups -OCH3 is 2. The average Bonchev–Trinajstić information content (AvgIpc) is 3.49. The van der Waals surface area contributed by atoms with E-state index < -0.39 is 41.5 Å². The van der Waals surface area contributed by atoms with E-state index in [4.69, 9.17) is 19.4 Å². The van der Waals surface area contributed by atoms with Gasteiger partial charge >= 0.3 is 24.1 Å². The number of amides is 2. The van der Waals surface area contributed by atoms with Gasteiger partial charge < -0.3 is 19.5 Å². The molecule has 0 unspecified atom stereocenters. The lowest BCUT2D eigenvalue weighted by Gasteiger charge is -2.37. The zero-order chi connectivity index (χ0) is 28.6. The molecule has 0 aliphatic carbocycles. The molecule has 0 saturated carbocycles. The maximum atomic E-state index is 12.9. The van der Waals surface area contributed by atoms with Gasteiger partial charge in [0.25, 0.3) is 0 Å². The van der Waals surface area contributed by atoms with Crippen LogP contribution in [-0.4, -0.2) is 95.4 Å². The van der Waals surface area contributed by atoms with Crippen LogP contribution in [0.2, 0.25) is 0 Å². The number of aliphatic carboxylic acids is 1. The highest BCUT2D eigenvalue weighted by Gasteiger charge is 2.71. The smallest absolute Gasteiger partial charge is 0.475 e. The second-order valence-corrected chi connectivity index (χ2v) is 9.66. The highest BCUT2D eigenvalue weighted by molar-refractivity contribution is 8.13. The Kier molecular flexibility index (Phi) is 8.10. The summed E-state index contributed by atoms with van der Waals surface area (Å²) in [5, 5.41) is 7.73. The van der Waals surface area contributed by atoms with Gasteiger partial charge in [0.05, 0.1) is 44.2 Å². The summed E-state index contributed by atoms with van der Waals surface area (Å²) < 4.78 is 41.5. The predicted molar refractivity (Wildman–Crippen MR) is 126 cm³/mol. The number of benzene rings is 1. The Morgan fingerprint density at radius 3 is 2.21 bits per heavy atom. The topological polar surface area (TPSA) is 143 Å². The number of thioether (sulfide) groups is 1. The number of carbonyl (C=O) groups is 5. The van der Waals surface area contributed by atoms with Gasteiger partial charge in [-0.2, -0.15) is 13.2 Å². The lowest BCUT2D eigenvalue weighted by atomic mass is 9.81. The van der Waals surface area contributed by atoms with Gasteiger partial charge in [-0.1, -0.05) is 23.9 Å². The number of amidine groups is 1. The van der Waals surface area contributed by atoms with E-state index in [2.05, 4.69) is 4.99 Å². The molecule has 1 aromatic carbocycles. The number of likely N-dealkylation sites (tertiary alicyclic amines) is 1. The minimum atomic E-state index is -5.08. The minimum absolute atomic E-state index is 0.280. The summed E-state index contributed by atoms with van der Waals surface area (Å²) in [5.74, 6) is -5.24. The number of fused-ring (bicyclic) bond motifs is 3. The fourth-order valence-electron chi connectivity index (χ4n) is 4.80. The summed E-state index contributed by atoms with van der Waals surface area (Å²) in [6.45, 7) is 2.00. The van der Waals surface area contributed by atoms with Crippen molar-refractivity contribution >= 4 is 46.7 Å². The van der Waals surface area contributed by atoms with Crippen LogP contribution in [-0.2, 0) is 34.4 Å². The third-order valence-corrected chi connectivity index (χ3v) is 7.69. The molecule has 1 N–H and O–H groups in total. The first kappa shape index (κ1) is 28.9. The van der Waals surface area contributed by atoms with E-state index in [0.717, 1.165) is 10.5 Å². The third-order valence-electron chi connectivity index (χ3n) is 6.63. The molecule has 38 heavy (non-hydrogen) atoms. The van der Waals surface area contributed by atoms with E-state index in [9.17, 15) is 32.3 Å². The van der Waals surface area contributed by atoms with Crippen molar-refractivity contribution in [2.45, 2.75) is 30.4 Å². The van der Waals surface area contributed by atoms with Gasteiger partial charge in [-0.05, 0) is 24.6 Å². The number of esters is 2. The zero-order valence-corrected chi connectivity index (χ0v) is 21.5. The molecule has 2 amide bonds. The Balaban J connectivity index is 0.000000505. The SMILES string of the molecule is COC(=O)c1ccc(CSC2=NC[C@@H]3[C@@H]4C(=O)N(C)C(=O)[C@@H]4[C@](C)(C(=O)OC)N23)cc1.O=C(O)C(F)(F)F. The number of ether oxygens (including phenoxy) is 2. The molecule has 3 aliphatic rings. The number of aliphatic imine (C=N–C) groups is 1. The van der Waals surface area contributed by atoms with Crippen LogP contribution in [0.3, 0.4) is 0 Å². The number of carboxylic acid groups (broad SMARTS) is 1. The Morgan fingerprint density at radius 1 is 1.13 bits per heavy atom. The summed E-state index contributed by atoms with van der Waals surface area (Å²) >= 11 is 1.42. The third kappa shape index (κ3) is 4.93. The Hall–Kier alpha value is -3.62. The highest BCUT2D eigenvalue weighted by Crippen LogP contribution is 2.52. The first-order chi connectivity index (χ1) is 17.7. The average molecular weight is 560 g/mol. The first-order valence-corrected chi connectivity index (χ1v) is 12.0. The number of halogens is 3. The van der Waals surface area contributed by atoms with Crippen molar-refractivity contribution in [3.05, 3.63) is 35.4 Å². The molecular formula is C23H24F3N3O8S. The summed E-state index contributed by atoms with van der Waals surface area (Å²) in [6.07, 6.45) is -5.08. The van der Waals surface area contributed by atoms with Gasteiger partial charge in [0.15, 0.2) is 5.17 Å². The standard InChI is InChI=1S/C21H23N3O6S.C2HF3O2/c1-21(19(28)30-4)15-14(16(25)23(2)17(15)26)13-9-22-20(24(13)21)31-10-11-5-7-12(8-6-11)18(27)29-3;3-2(4,5)1(6)7/h5-8,13-15H,9-10H2,1-4H3;(H,6,7)/t13-,14+,15-,21-;/m1./s1. The van der Waals surface area contributed by atoms with Crippen LogP contribution in [0.5, 0.6) is 0 Å². The molecule has 1 aromatic rings. The highest BCUT2D eigenvalue weighted by atomic mass is 32.2. The molecule has 0 aromatic heterocycles. The van der Waals surface area contributed by atoms with E-state index in [1.54, 1.807) is 19.1 Å². The second-order valence-electron chi connectivity index (χ2n) is 8.72. The second kappa shape index (κ2) is 10.6. The van der Waals surface area contributed by atoms with Crippen molar-refractivity contribution in [2.75, 3.05) is 27.8 Å². The number of imide groups is 1. The number of carbonyl (C=O) groups excluding carboxylic acids is 4. The minimum Gasteiger partial charge on any atom is -0.475 e. The molecule has 4 rings (SSSR count). The number of hydrogen-bond acceptors (Lipinski definition) is 10. The van der Waals surface area contributed by atoms with E-state index in [0.29, 0.717) is 23.0 Å². The van der Waals surface area contributed by atoms with Crippen LogP contribution in [0.15, 0.2) is 29.3 Å². The van der Waals surface area contributed by atoms with Crippen molar-refractivity contribution in [1.82, 2.24) is 9.80 Å². The zero-order valence-electron chi connectivity index (χ0n) is 20.6. The summed E-state index contributed by atoms with van der Waals surface area (Å²) in [6, 6.07) is 6.67. The Labute approximate surface area is 218 Å². The summed E-state index contributed by atoms with van der Waals surface area (Å²) in [4.78, 5) is 66.5. The van der Waals surface area contributed by atoms with E-state index in [1.165, 1.54) is 33.0 Å². The van der Waals surface area contributed by atoms with Crippen LogP contribution >= 0.6 is 11.8 Å². The number of carboxylic acids is 1. The van der Waals surface area contributed by atoms with Gasteiger partial charge in [0.1, 0.15) is 5.54 Å². The lowest BCUT2D eigenvalue weighted by Crippen LogP contribution is -2.57. The number of hydrogen-bond donors (Lipinski definition) is 1. The molecule has 2 fully saturated rings. The van der Waals surface area contributed by atoms with Crippen molar-refractivity contribution in [3.63, 3.8) is 0 Å². The molecule has 0 spiro atoms.